The van der Waals surface area contributed by atoms with E-state index in [9.17, 15) is 4.79 Å². The fraction of sp³-hybridized carbons (Fsp3) is 0.300. The van der Waals surface area contributed by atoms with E-state index in [0.717, 1.165) is 5.56 Å². The Bertz CT molecular complexity index is 710. The molecule has 0 fully saturated rings. The average molecular weight is 349 g/mol. The van der Waals surface area contributed by atoms with E-state index < -0.39 is 11.7 Å². The molecule has 0 spiro atoms. The van der Waals surface area contributed by atoms with E-state index in [1.54, 1.807) is 45.0 Å². The van der Waals surface area contributed by atoms with Crippen LogP contribution in [0.1, 0.15) is 26.3 Å². The first-order valence-corrected chi connectivity index (χ1v) is 7.97. The Hall–Kier alpha value is -2.22. The molecule has 2 rings (SSSR count). The van der Waals surface area contributed by atoms with Gasteiger partial charge in [-0.1, -0.05) is 6.54 Å². The Balaban J connectivity index is 0.00000338. The summed E-state index contributed by atoms with van der Waals surface area (Å²) in [6, 6.07) is 14.7. The third kappa shape index (κ3) is 6.25. The Morgan fingerprint density at radius 2 is 1.58 bits per heavy atom. The molecule has 0 unspecified atom stereocenters. The Labute approximate surface area is 167 Å². The number of amides is 1. The molecule has 0 heterocycles. The number of benzene rings is 2. The molecule has 134 valence electrons. The van der Waals surface area contributed by atoms with Crippen molar-refractivity contribution >= 4 is 11.8 Å². The number of rotatable bonds is 5. The molecule has 5 nitrogen and oxygen atoms in total. The van der Waals surface area contributed by atoms with Gasteiger partial charge in [0.05, 0.1) is 20.0 Å². The summed E-state index contributed by atoms with van der Waals surface area (Å²) in [4.78, 5) is 14.2. The normalized spacial score (nSPS) is 10.3. The molecule has 0 saturated heterocycles. The minimum atomic E-state index is -0.593. The minimum Gasteiger partial charge on any atom is -0.510 e. The molecule has 1 amide bonds. The van der Waals surface area contributed by atoms with Crippen molar-refractivity contribution in [3.8, 4) is 11.5 Å². The number of carbonyl (C=O) groups excluding carboxylic acids is 1. The van der Waals surface area contributed by atoms with Crippen LogP contribution in [0.25, 0.3) is 0 Å². The first-order valence-electron chi connectivity index (χ1n) is 7.97. The topological polar surface area (TPSA) is 48.0 Å². The van der Waals surface area contributed by atoms with Gasteiger partial charge in [0.15, 0.2) is 0 Å². The van der Waals surface area contributed by atoms with Gasteiger partial charge in [0.1, 0.15) is 11.4 Å². The van der Waals surface area contributed by atoms with Gasteiger partial charge in [-0.25, -0.2) is 4.79 Å². The van der Waals surface area contributed by atoms with Crippen molar-refractivity contribution in [3.63, 3.8) is 0 Å². The van der Waals surface area contributed by atoms with E-state index in [2.05, 4.69) is 0 Å². The van der Waals surface area contributed by atoms with Crippen molar-refractivity contribution in [2.75, 3.05) is 19.1 Å². The predicted octanol–water partition coefficient (Wildman–Crippen LogP) is 1.66. The zero-order valence-electron chi connectivity index (χ0n) is 16.3. The summed E-state index contributed by atoms with van der Waals surface area (Å²) in [5.41, 5.74) is 0.906. The molecule has 0 aliphatic rings. The van der Waals surface area contributed by atoms with Crippen molar-refractivity contribution in [2.24, 2.45) is 0 Å². The van der Waals surface area contributed by atoms with Gasteiger partial charge in [-0.05, 0) is 51.1 Å². The number of hydrogen-bond donors (Lipinski definition) is 0. The van der Waals surface area contributed by atoms with Gasteiger partial charge in [0, 0.05) is 5.69 Å². The van der Waals surface area contributed by atoms with E-state index in [4.69, 9.17) is 14.2 Å². The van der Waals surface area contributed by atoms with E-state index in [1.807, 2.05) is 45.0 Å². The minimum absolute atomic E-state index is 0. The Morgan fingerprint density at radius 3 is 2.12 bits per heavy atom. The number of hydrogen-bond acceptors (Lipinski definition) is 4. The summed E-state index contributed by atoms with van der Waals surface area (Å²) >= 11 is 0. The van der Waals surface area contributed by atoms with Crippen LogP contribution in [0.3, 0.4) is 0 Å². The monoisotopic (exact) mass is 349 g/mol. The average Bonchev–Trinajstić information content (AvgIpc) is 2.58. The molecular formula is C20H24LiNO4. The SMILES string of the molecule is COc1ccc(N([CH-]c2cccc(OC)c2)C(=O)OC(C)(C)C)cc1.[Li+]. The van der Waals surface area contributed by atoms with Crippen molar-refractivity contribution in [1.82, 2.24) is 0 Å². The molecule has 0 atom stereocenters. The molecule has 0 radical (unpaired) electrons. The van der Waals surface area contributed by atoms with Gasteiger partial charge in [0.2, 0.25) is 0 Å². The fourth-order valence-electron chi connectivity index (χ4n) is 2.16. The van der Waals surface area contributed by atoms with Gasteiger partial charge >= 0.3 is 25.0 Å². The van der Waals surface area contributed by atoms with Crippen LogP contribution >= 0.6 is 0 Å². The summed E-state index contributed by atoms with van der Waals surface area (Å²) < 4.78 is 16.0. The van der Waals surface area contributed by atoms with Crippen LogP contribution in [0, 0.1) is 6.54 Å². The van der Waals surface area contributed by atoms with Crippen molar-refractivity contribution in [2.45, 2.75) is 26.4 Å². The first kappa shape index (κ1) is 21.8. The van der Waals surface area contributed by atoms with Crippen LogP contribution in [0.2, 0.25) is 0 Å². The zero-order chi connectivity index (χ0) is 18.4. The molecule has 0 aromatic heterocycles. The van der Waals surface area contributed by atoms with Gasteiger partial charge < -0.3 is 19.1 Å². The second-order valence-corrected chi connectivity index (χ2v) is 6.45. The van der Waals surface area contributed by atoms with Crippen molar-refractivity contribution in [3.05, 3.63) is 60.6 Å². The summed E-state index contributed by atoms with van der Waals surface area (Å²) in [6.45, 7) is 7.23. The standard InChI is InChI=1S/C20H24NO4.Li/c1-20(2,3)25-19(22)21(16-9-11-17(23-4)12-10-16)14-15-7-6-8-18(13-15)24-5;/h6-14H,1-5H3;/q-1;+1. The fourth-order valence-corrected chi connectivity index (χ4v) is 2.16. The molecule has 2 aromatic carbocycles. The second-order valence-electron chi connectivity index (χ2n) is 6.45. The maximum absolute atomic E-state index is 12.7. The van der Waals surface area contributed by atoms with Gasteiger partial charge in [-0.2, -0.15) is 11.6 Å². The van der Waals surface area contributed by atoms with Crippen molar-refractivity contribution in [1.29, 1.82) is 0 Å². The molecule has 0 saturated carbocycles. The van der Waals surface area contributed by atoms with Gasteiger partial charge in [0.25, 0.3) is 0 Å². The molecule has 2 aromatic rings. The second kappa shape index (κ2) is 9.47. The van der Waals surface area contributed by atoms with Crippen LogP contribution in [0.5, 0.6) is 11.5 Å². The van der Waals surface area contributed by atoms with Crippen LogP contribution in [0.4, 0.5) is 10.5 Å². The van der Waals surface area contributed by atoms with Crippen LogP contribution in [-0.2, 0) is 4.74 Å². The van der Waals surface area contributed by atoms with Gasteiger partial charge in [-0.3, -0.25) is 0 Å². The van der Waals surface area contributed by atoms with Gasteiger partial charge in [-0.15, -0.1) is 12.1 Å². The summed E-state index contributed by atoms with van der Waals surface area (Å²) in [5, 5.41) is 0. The number of methoxy groups -OCH3 is 2. The first-order chi connectivity index (χ1) is 11.8. The predicted molar refractivity (Wildman–Crippen MR) is 98.1 cm³/mol. The molecule has 0 aliphatic heterocycles. The third-order valence-electron chi connectivity index (χ3n) is 3.31. The molecule has 26 heavy (non-hydrogen) atoms. The molecule has 6 heteroatoms. The zero-order valence-corrected chi connectivity index (χ0v) is 16.3. The molecular weight excluding hydrogens is 325 g/mol. The molecule has 0 bridgehead atoms. The van der Waals surface area contributed by atoms with E-state index in [-0.39, 0.29) is 18.9 Å². The van der Waals surface area contributed by atoms with E-state index in [0.29, 0.717) is 17.2 Å². The third-order valence-corrected chi connectivity index (χ3v) is 3.31. The smallest absolute Gasteiger partial charge is 0.510 e. The maximum atomic E-state index is 12.7. The maximum Gasteiger partial charge on any atom is 1.00 e. The summed E-state index contributed by atoms with van der Waals surface area (Å²) in [7, 11) is 3.21. The van der Waals surface area contributed by atoms with E-state index >= 15 is 0 Å². The van der Waals surface area contributed by atoms with Crippen molar-refractivity contribution < 1.29 is 37.9 Å². The largest absolute Gasteiger partial charge is 1.00 e. The number of anilines is 1. The van der Waals surface area contributed by atoms with Crippen LogP contribution in [-0.4, -0.2) is 25.9 Å². The number of carbonyl (C=O) groups is 1. The van der Waals surface area contributed by atoms with Crippen LogP contribution in [0.15, 0.2) is 48.5 Å². The number of nitrogens with zero attached hydrogens (tertiary/aromatic N) is 1. The molecule has 0 N–H and O–H groups in total. The quantitative estimate of drug-likeness (QED) is 0.609. The van der Waals surface area contributed by atoms with Crippen LogP contribution < -0.4 is 33.2 Å². The Kier molecular flexibility index (Phi) is 7.95. The summed E-state index contributed by atoms with van der Waals surface area (Å²) in [6.07, 6.45) is -0.458. The summed E-state index contributed by atoms with van der Waals surface area (Å²) in [5.74, 6) is 1.43. The van der Waals surface area contributed by atoms with E-state index in [1.165, 1.54) is 4.90 Å². The molecule has 0 aliphatic carbocycles. The number of ether oxygens (including phenoxy) is 3. The Morgan fingerprint density at radius 1 is 0.962 bits per heavy atom.